The summed E-state index contributed by atoms with van der Waals surface area (Å²) in [5.74, 6) is -0.598. The Kier molecular flexibility index (Phi) is 4.51. The first-order valence-electron chi connectivity index (χ1n) is 8.81. The van der Waals surface area contributed by atoms with Gasteiger partial charge in [0.1, 0.15) is 12.4 Å². The van der Waals surface area contributed by atoms with Gasteiger partial charge in [0.25, 0.3) is 5.56 Å². The molecule has 2 N–H and O–H groups in total. The van der Waals surface area contributed by atoms with Crippen LogP contribution in [0.3, 0.4) is 0 Å². The van der Waals surface area contributed by atoms with Crippen molar-refractivity contribution in [1.82, 2.24) is 9.55 Å². The number of halogens is 1. The first-order valence-corrected chi connectivity index (χ1v) is 9.60. The minimum Gasteiger partial charge on any atom is -0.456 e. The number of hydrogen-bond acceptors (Lipinski definition) is 5. The zero-order valence-corrected chi connectivity index (χ0v) is 16.3. The highest BCUT2D eigenvalue weighted by Gasteiger charge is 2.41. The van der Waals surface area contributed by atoms with Crippen molar-refractivity contribution in [3.8, 4) is 0 Å². The summed E-state index contributed by atoms with van der Waals surface area (Å²) >= 11 is 3.45. The van der Waals surface area contributed by atoms with E-state index in [2.05, 4.69) is 26.2 Å². The molecule has 0 fully saturated rings. The number of aromatic nitrogens is 2. The molecule has 0 bridgehead atoms. The van der Waals surface area contributed by atoms with Crippen molar-refractivity contribution < 1.29 is 9.53 Å². The second-order valence-corrected chi connectivity index (χ2v) is 7.52. The number of rotatable bonds is 4. The fourth-order valence-electron chi connectivity index (χ4n) is 3.64. The third-order valence-electron chi connectivity index (χ3n) is 4.89. The number of unbranched alkanes of at least 4 members (excludes halogenated alkanes) is 1. The number of anilines is 1. The molecule has 8 heteroatoms. The van der Waals surface area contributed by atoms with Gasteiger partial charge in [0.15, 0.2) is 0 Å². The molecular formula is C19H18BrN3O4. The van der Waals surface area contributed by atoms with Crippen LogP contribution in [-0.4, -0.2) is 22.1 Å². The maximum atomic E-state index is 12.8. The summed E-state index contributed by atoms with van der Waals surface area (Å²) in [6, 6.07) is 7.46. The average Bonchev–Trinajstić information content (AvgIpc) is 3.00. The predicted molar refractivity (Wildman–Crippen MR) is 104 cm³/mol. The molecule has 0 saturated heterocycles. The highest BCUT2D eigenvalue weighted by molar-refractivity contribution is 9.10. The standard InChI is InChI=1S/C19H18BrN3O4/c1-2-3-7-23-16-15(17(24)22-19(23)26)13(10-5-4-6-11(20)8-10)14-12(21-16)9-27-18(14)25/h4-6,8,13,21H,2-3,7,9H2,1H3,(H,22,24,26)/t13-/m0/s1. The van der Waals surface area contributed by atoms with Gasteiger partial charge in [-0.05, 0) is 24.1 Å². The SMILES string of the molecule is CCCCn1c2c(c(=O)[nH]c1=O)[C@@H](c1cccc(Br)c1)C1=C(COC1=O)N2. The van der Waals surface area contributed by atoms with Crippen LogP contribution >= 0.6 is 15.9 Å². The Labute approximate surface area is 163 Å². The number of carbonyl (C=O) groups is 1. The maximum absolute atomic E-state index is 12.8. The molecule has 0 amide bonds. The lowest BCUT2D eigenvalue weighted by molar-refractivity contribution is -0.136. The van der Waals surface area contributed by atoms with Gasteiger partial charge in [-0.3, -0.25) is 14.3 Å². The molecule has 7 nitrogen and oxygen atoms in total. The Morgan fingerprint density at radius 3 is 2.85 bits per heavy atom. The van der Waals surface area contributed by atoms with E-state index >= 15 is 0 Å². The molecule has 1 aromatic heterocycles. The van der Waals surface area contributed by atoms with Gasteiger partial charge in [-0.15, -0.1) is 0 Å². The largest absolute Gasteiger partial charge is 0.456 e. The molecule has 2 aliphatic heterocycles. The van der Waals surface area contributed by atoms with Crippen LogP contribution in [0.1, 0.15) is 36.8 Å². The van der Waals surface area contributed by atoms with Gasteiger partial charge < -0.3 is 10.1 Å². The van der Waals surface area contributed by atoms with Crippen molar-refractivity contribution in [2.45, 2.75) is 32.2 Å². The molecule has 0 aliphatic carbocycles. The number of nitrogens with one attached hydrogen (secondary N) is 2. The number of aromatic amines is 1. The highest BCUT2D eigenvalue weighted by Crippen LogP contribution is 2.42. The highest BCUT2D eigenvalue weighted by atomic mass is 79.9. The lowest BCUT2D eigenvalue weighted by atomic mass is 9.83. The number of esters is 1. The van der Waals surface area contributed by atoms with E-state index in [1.165, 1.54) is 4.57 Å². The van der Waals surface area contributed by atoms with Crippen molar-refractivity contribution in [2.75, 3.05) is 11.9 Å². The molecule has 4 rings (SSSR count). The van der Waals surface area contributed by atoms with Gasteiger partial charge in [0, 0.05) is 11.0 Å². The molecule has 1 aromatic carbocycles. The normalized spacial score (nSPS) is 18.0. The Balaban J connectivity index is 2.00. The Hall–Kier alpha value is -2.61. The van der Waals surface area contributed by atoms with Crippen LogP contribution in [0.2, 0.25) is 0 Å². The first-order chi connectivity index (χ1) is 13.0. The number of cyclic esters (lactones) is 1. The number of ether oxygens (including phenoxy) is 1. The van der Waals surface area contributed by atoms with E-state index in [0.29, 0.717) is 29.2 Å². The Morgan fingerprint density at radius 2 is 2.11 bits per heavy atom. The molecule has 27 heavy (non-hydrogen) atoms. The second kappa shape index (κ2) is 6.84. The fraction of sp³-hybridized carbons (Fsp3) is 0.316. The van der Waals surface area contributed by atoms with E-state index in [4.69, 9.17) is 4.74 Å². The smallest absolute Gasteiger partial charge is 0.337 e. The molecule has 0 unspecified atom stereocenters. The zero-order chi connectivity index (χ0) is 19.1. The topological polar surface area (TPSA) is 93.2 Å². The molecule has 2 aromatic rings. The molecule has 0 saturated carbocycles. The minimum atomic E-state index is -0.596. The van der Waals surface area contributed by atoms with E-state index in [1.54, 1.807) is 0 Å². The fourth-order valence-corrected chi connectivity index (χ4v) is 4.05. The number of hydrogen-bond donors (Lipinski definition) is 2. The van der Waals surface area contributed by atoms with Gasteiger partial charge in [0.05, 0.1) is 22.8 Å². The molecular weight excluding hydrogens is 414 g/mol. The van der Waals surface area contributed by atoms with E-state index in [1.807, 2.05) is 31.2 Å². The van der Waals surface area contributed by atoms with Crippen LogP contribution in [0.4, 0.5) is 5.82 Å². The van der Waals surface area contributed by atoms with Crippen molar-refractivity contribution in [2.24, 2.45) is 0 Å². The zero-order valence-electron chi connectivity index (χ0n) is 14.7. The van der Waals surface area contributed by atoms with Crippen LogP contribution in [0, 0.1) is 0 Å². The summed E-state index contributed by atoms with van der Waals surface area (Å²) in [5, 5.41) is 3.13. The molecule has 0 spiro atoms. The van der Waals surface area contributed by atoms with Crippen LogP contribution in [0.5, 0.6) is 0 Å². The van der Waals surface area contributed by atoms with E-state index < -0.39 is 23.1 Å². The van der Waals surface area contributed by atoms with E-state index in [0.717, 1.165) is 22.9 Å². The van der Waals surface area contributed by atoms with Crippen molar-refractivity contribution in [3.05, 3.63) is 72.0 Å². The third kappa shape index (κ3) is 2.93. The van der Waals surface area contributed by atoms with Crippen LogP contribution in [0.15, 0.2) is 49.6 Å². The Morgan fingerprint density at radius 1 is 1.30 bits per heavy atom. The number of carbonyl (C=O) groups excluding carboxylic acids is 1. The second-order valence-electron chi connectivity index (χ2n) is 6.61. The average molecular weight is 432 g/mol. The number of fused-ring (bicyclic) bond motifs is 1. The van der Waals surface area contributed by atoms with Crippen LogP contribution in [-0.2, 0) is 16.1 Å². The number of benzene rings is 1. The van der Waals surface area contributed by atoms with Gasteiger partial charge in [0.2, 0.25) is 0 Å². The van der Waals surface area contributed by atoms with Gasteiger partial charge in [-0.1, -0.05) is 41.4 Å². The lowest BCUT2D eigenvalue weighted by Crippen LogP contribution is -2.38. The number of H-pyrrole nitrogens is 1. The minimum absolute atomic E-state index is 0.104. The molecule has 0 radical (unpaired) electrons. The summed E-state index contributed by atoms with van der Waals surface area (Å²) in [5.41, 5.74) is 1.22. The monoisotopic (exact) mass is 431 g/mol. The molecule has 3 heterocycles. The predicted octanol–water partition coefficient (Wildman–Crippen LogP) is 2.47. The summed E-state index contributed by atoms with van der Waals surface area (Å²) in [4.78, 5) is 40.0. The number of nitrogens with zero attached hydrogens (tertiary/aromatic N) is 1. The van der Waals surface area contributed by atoms with Gasteiger partial charge in [-0.25, -0.2) is 9.59 Å². The maximum Gasteiger partial charge on any atom is 0.337 e. The van der Waals surface area contributed by atoms with Gasteiger partial charge in [-0.2, -0.15) is 0 Å². The summed E-state index contributed by atoms with van der Waals surface area (Å²) in [6.45, 7) is 2.61. The van der Waals surface area contributed by atoms with Crippen LogP contribution < -0.4 is 16.6 Å². The van der Waals surface area contributed by atoms with Crippen molar-refractivity contribution in [3.63, 3.8) is 0 Å². The van der Waals surface area contributed by atoms with Crippen molar-refractivity contribution >= 4 is 27.7 Å². The lowest BCUT2D eigenvalue weighted by Gasteiger charge is -2.28. The first kappa shape index (κ1) is 17.8. The summed E-state index contributed by atoms with van der Waals surface area (Å²) in [7, 11) is 0. The molecule has 2 aliphatic rings. The van der Waals surface area contributed by atoms with Crippen molar-refractivity contribution in [1.29, 1.82) is 0 Å². The summed E-state index contributed by atoms with van der Waals surface area (Å²) < 4.78 is 7.59. The third-order valence-corrected chi connectivity index (χ3v) is 5.39. The summed E-state index contributed by atoms with van der Waals surface area (Å²) in [6.07, 6.45) is 1.70. The van der Waals surface area contributed by atoms with Crippen LogP contribution in [0.25, 0.3) is 0 Å². The quantitative estimate of drug-likeness (QED) is 0.725. The van der Waals surface area contributed by atoms with E-state index in [9.17, 15) is 14.4 Å². The van der Waals surface area contributed by atoms with Gasteiger partial charge >= 0.3 is 11.7 Å². The molecule has 1 atom stereocenters. The van der Waals surface area contributed by atoms with E-state index in [-0.39, 0.29) is 6.61 Å². The Bertz CT molecular complexity index is 1080. The molecule has 140 valence electrons.